The first kappa shape index (κ1) is 16.5. The van der Waals surface area contributed by atoms with Crippen LogP contribution in [-0.4, -0.2) is 34.1 Å². The van der Waals surface area contributed by atoms with E-state index in [1.54, 1.807) is 0 Å². The second-order valence-corrected chi connectivity index (χ2v) is 7.04. The molecule has 1 aromatic rings. The lowest BCUT2D eigenvalue weighted by atomic mass is 9.89. The van der Waals surface area contributed by atoms with Crippen molar-refractivity contribution in [1.82, 2.24) is 14.5 Å². The molecule has 0 bridgehead atoms. The summed E-state index contributed by atoms with van der Waals surface area (Å²) in [4.78, 5) is 6.94. The van der Waals surface area contributed by atoms with Crippen LogP contribution in [0.25, 0.3) is 0 Å². The summed E-state index contributed by atoms with van der Waals surface area (Å²) >= 11 is 0. The van der Waals surface area contributed by atoms with Gasteiger partial charge in [0.25, 0.3) is 0 Å². The highest BCUT2D eigenvalue weighted by Gasteiger charge is 2.26. The van der Waals surface area contributed by atoms with Gasteiger partial charge >= 0.3 is 0 Å². The number of likely N-dealkylation sites (tertiary alicyclic amines) is 1. The van der Waals surface area contributed by atoms with E-state index in [0.29, 0.717) is 18.6 Å². The van der Waals surface area contributed by atoms with Crippen LogP contribution in [0.2, 0.25) is 0 Å². The first-order chi connectivity index (χ1) is 10.0. The summed E-state index contributed by atoms with van der Waals surface area (Å²) in [6.45, 7) is 12.1. The normalized spacial score (nSPS) is 22.7. The molecule has 21 heavy (non-hydrogen) atoms. The van der Waals surface area contributed by atoms with Gasteiger partial charge in [-0.15, -0.1) is 0 Å². The first-order valence-electron chi connectivity index (χ1n) is 8.50. The van der Waals surface area contributed by atoms with E-state index < -0.39 is 0 Å². The van der Waals surface area contributed by atoms with Gasteiger partial charge < -0.3 is 10.3 Å². The van der Waals surface area contributed by atoms with Crippen LogP contribution in [0.3, 0.4) is 0 Å². The third-order valence-corrected chi connectivity index (χ3v) is 5.01. The Hall–Kier alpha value is -0.870. The molecule has 0 aromatic carbocycles. The maximum atomic E-state index is 6.13. The van der Waals surface area contributed by atoms with Crippen LogP contribution < -0.4 is 5.73 Å². The second kappa shape index (κ2) is 7.41. The van der Waals surface area contributed by atoms with E-state index in [1.807, 2.05) is 12.5 Å². The lowest BCUT2D eigenvalue weighted by molar-refractivity contribution is 0.195. The molecule has 0 spiro atoms. The van der Waals surface area contributed by atoms with Crippen molar-refractivity contribution >= 4 is 0 Å². The molecule has 0 saturated carbocycles. The van der Waals surface area contributed by atoms with Crippen molar-refractivity contribution in [3.63, 3.8) is 0 Å². The van der Waals surface area contributed by atoms with Gasteiger partial charge in [-0.3, -0.25) is 4.90 Å². The molecule has 120 valence electrons. The molecule has 2 atom stereocenters. The molecule has 0 radical (unpaired) electrons. The summed E-state index contributed by atoms with van der Waals surface area (Å²) in [6.07, 6.45) is 7.88. The molecule has 1 aromatic heterocycles. The van der Waals surface area contributed by atoms with Gasteiger partial charge in [-0.1, -0.05) is 13.8 Å². The molecule has 0 amide bonds. The van der Waals surface area contributed by atoms with Crippen LogP contribution in [-0.2, 0) is 0 Å². The van der Waals surface area contributed by atoms with Crippen LogP contribution in [0.15, 0.2) is 12.5 Å². The molecule has 2 unspecified atom stereocenters. The predicted octanol–water partition coefficient (Wildman–Crippen LogP) is 3.22. The van der Waals surface area contributed by atoms with E-state index in [4.69, 9.17) is 5.73 Å². The third kappa shape index (κ3) is 3.86. The highest BCUT2D eigenvalue weighted by molar-refractivity contribution is 5.08. The van der Waals surface area contributed by atoms with E-state index >= 15 is 0 Å². The molecule has 1 aliphatic rings. The van der Waals surface area contributed by atoms with Gasteiger partial charge in [0.2, 0.25) is 0 Å². The molecule has 2 rings (SSSR count). The van der Waals surface area contributed by atoms with Gasteiger partial charge in [-0.05, 0) is 58.0 Å². The van der Waals surface area contributed by atoms with Gasteiger partial charge in [-0.2, -0.15) is 0 Å². The van der Waals surface area contributed by atoms with Crippen LogP contribution in [0.4, 0.5) is 0 Å². The lowest BCUT2D eigenvalue weighted by Crippen LogP contribution is -2.36. The number of hydrogen-bond donors (Lipinski definition) is 1. The van der Waals surface area contributed by atoms with Crippen molar-refractivity contribution in [2.75, 3.05) is 19.6 Å². The Labute approximate surface area is 129 Å². The van der Waals surface area contributed by atoms with Gasteiger partial charge in [0.1, 0.15) is 0 Å². The molecular formula is C17H32N4. The topological polar surface area (TPSA) is 47.1 Å². The van der Waals surface area contributed by atoms with Crippen LogP contribution >= 0.6 is 0 Å². The molecule has 2 N–H and O–H groups in total. The Kier molecular flexibility index (Phi) is 5.82. The van der Waals surface area contributed by atoms with Crippen molar-refractivity contribution in [2.45, 2.75) is 59.0 Å². The number of hydrogen-bond acceptors (Lipinski definition) is 3. The zero-order valence-electron chi connectivity index (χ0n) is 14.1. The fraction of sp³-hybridized carbons (Fsp3) is 0.824. The third-order valence-electron chi connectivity index (χ3n) is 5.01. The van der Waals surface area contributed by atoms with E-state index in [2.05, 4.69) is 42.1 Å². The van der Waals surface area contributed by atoms with E-state index in [9.17, 15) is 0 Å². The summed E-state index contributed by atoms with van der Waals surface area (Å²) in [7, 11) is 0. The maximum Gasteiger partial charge on any atom is 0.0951 e. The zero-order chi connectivity index (χ0) is 15.4. The minimum Gasteiger partial charge on any atom is -0.331 e. The summed E-state index contributed by atoms with van der Waals surface area (Å²) in [5.41, 5.74) is 7.40. The molecule has 4 heteroatoms. The maximum absolute atomic E-state index is 6.13. The Morgan fingerprint density at radius 2 is 2.00 bits per heavy atom. The molecule has 0 aliphatic carbocycles. The predicted molar refractivity (Wildman–Crippen MR) is 88.2 cm³/mol. The van der Waals surface area contributed by atoms with E-state index in [-0.39, 0.29) is 0 Å². The molecular weight excluding hydrogens is 260 g/mol. The van der Waals surface area contributed by atoms with Crippen molar-refractivity contribution in [1.29, 1.82) is 0 Å². The number of nitrogens with zero attached hydrogens (tertiary/aromatic N) is 3. The number of imidazole rings is 1. The summed E-state index contributed by atoms with van der Waals surface area (Å²) in [6, 6.07) is 0.743. The highest BCUT2D eigenvalue weighted by Crippen LogP contribution is 2.29. The minimum atomic E-state index is 0.306. The SMILES string of the molecule is CC(C)C1CCCN(C(CN)c2cncn2C(C)C)CC1. The number of aromatic nitrogens is 2. The van der Waals surface area contributed by atoms with Gasteiger partial charge in [0, 0.05) is 18.8 Å². The Morgan fingerprint density at radius 3 is 2.62 bits per heavy atom. The van der Waals surface area contributed by atoms with Gasteiger partial charge in [0.05, 0.1) is 18.1 Å². The second-order valence-electron chi connectivity index (χ2n) is 7.04. The average molecular weight is 292 g/mol. The van der Waals surface area contributed by atoms with Crippen molar-refractivity contribution in [3.8, 4) is 0 Å². The number of nitrogens with two attached hydrogens (primary N) is 1. The van der Waals surface area contributed by atoms with Crippen molar-refractivity contribution < 1.29 is 0 Å². The van der Waals surface area contributed by atoms with Gasteiger partial charge in [0.15, 0.2) is 0 Å². The van der Waals surface area contributed by atoms with E-state index in [0.717, 1.165) is 24.9 Å². The lowest BCUT2D eigenvalue weighted by Gasteiger charge is -2.31. The largest absolute Gasteiger partial charge is 0.331 e. The Balaban J connectivity index is 2.12. The smallest absolute Gasteiger partial charge is 0.0951 e. The first-order valence-corrected chi connectivity index (χ1v) is 8.50. The quantitative estimate of drug-likeness (QED) is 0.906. The van der Waals surface area contributed by atoms with E-state index in [1.165, 1.54) is 25.0 Å². The van der Waals surface area contributed by atoms with Crippen LogP contribution in [0.1, 0.15) is 64.7 Å². The monoisotopic (exact) mass is 292 g/mol. The van der Waals surface area contributed by atoms with Crippen molar-refractivity contribution in [2.24, 2.45) is 17.6 Å². The fourth-order valence-electron chi connectivity index (χ4n) is 3.58. The Morgan fingerprint density at radius 1 is 1.24 bits per heavy atom. The summed E-state index contributed by atoms with van der Waals surface area (Å²) in [5, 5.41) is 0. The Bertz CT molecular complexity index is 424. The minimum absolute atomic E-state index is 0.306. The van der Waals surface area contributed by atoms with Crippen LogP contribution in [0, 0.1) is 11.8 Å². The zero-order valence-corrected chi connectivity index (χ0v) is 14.1. The molecule has 1 aliphatic heterocycles. The van der Waals surface area contributed by atoms with Gasteiger partial charge in [-0.25, -0.2) is 4.98 Å². The standard InChI is InChI=1S/C17H32N4/c1-13(2)15-6-5-8-20(9-7-15)16(10-18)17-11-19-12-21(17)14(3)4/h11-16H,5-10,18H2,1-4H3. The van der Waals surface area contributed by atoms with Crippen LogP contribution in [0.5, 0.6) is 0 Å². The highest BCUT2D eigenvalue weighted by atomic mass is 15.2. The molecule has 4 nitrogen and oxygen atoms in total. The average Bonchev–Trinajstić information content (AvgIpc) is 2.78. The summed E-state index contributed by atoms with van der Waals surface area (Å²) < 4.78 is 2.27. The molecule has 1 saturated heterocycles. The summed E-state index contributed by atoms with van der Waals surface area (Å²) in [5.74, 6) is 1.66. The molecule has 2 heterocycles. The van der Waals surface area contributed by atoms with Crippen molar-refractivity contribution in [3.05, 3.63) is 18.2 Å². The fourth-order valence-corrected chi connectivity index (χ4v) is 3.58. The number of rotatable bonds is 5. The molecule has 1 fully saturated rings.